The molecule has 1 heterocycles. The zero-order chi connectivity index (χ0) is 8.81. The number of hydrogen-bond donors (Lipinski definition) is 1. The van der Waals surface area contributed by atoms with Crippen molar-refractivity contribution < 1.29 is 0 Å². The highest BCUT2D eigenvalue weighted by molar-refractivity contribution is 5.21. The lowest BCUT2D eigenvalue weighted by molar-refractivity contribution is 0.810. The molecule has 0 atom stereocenters. The second kappa shape index (κ2) is 4.58. The van der Waals surface area contributed by atoms with E-state index < -0.39 is 0 Å². The highest BCUT2D eigenvalue weighted by Gasteiger charge is 1.89. The van der Waals surface area contributed by atoms with Crippen LogP contribution in [0, 0.1) is 11.8 Å². The van der Waals surface area contributed by atoms with E-state index in [-0.39, 0.29) is 0 Å². The van der Waals surface area contributed by atoms with Gasteiger partial charge in [0.2, 0.25) is 0 Å². The van der Waals surface area contributed by atoms with Crippen LogP contribution in [0.4, 0.5) is 0 Å². The molecule has 12 heavy (non-hydrogen) atoms. The molecule has 1 rings (SSSR count). The number of rotatable bonds is 2. The highest BCUT2D eigenvalue weighted by Crippen LogP contribution is 1.89. The van der Waals surface area contributed by atoms with Crippen molar-refractivity contribution in [3.63, 3.8) is 0 Å². The summed E-state index contributed by atoms with van der Waals surface area (Å²) in [4.78, 5) is 4.07. The number of aryl methyl sites for hydroxylation is 1. The first kappa shape index (κ1) is 8.82. The van der Waals surface area contributed by atoms with Crippen LogP contribution in [0.5, 0.6) is 0 Å². The van der Waals surface area contributed by atoms with Crippen LogP contribution in [0.3, 0.4) is 0 Å². The Bertz CT molecular complexity index is 290. The average molecular weight is 163 g/mol. The van der Waals surface area contributed by atoms with Crippen molar-refractivity contribution in [3.8, 4) is 11.8 Å². The Balaban J connectivity index is 2.49. The molecular weight excluding hydrogens is 150 g/mol. The van der Waals surface area contributed by atoms with Gasteiger partial charge in [0.15, 0.2) is 5.82 Å². The van der Waals surface area contributed by atoms with Crippen LogP contribution in [0.1, 0.15) is 12.7 Å². The molecule has 0 aliphatic carbocycles. The first-order chi connectivity index (χ1) is 5.84. The molecule has 0 aliphatic heterocycles. The second-order valence-corrected chi connectivity index (χ2v) is 2.44. The molecule has 0 saturated carbocycles. The molecule has 0 fully saturated rings. The van der Waals surface area contributed by atoms with Gasteiger partial charge in [0.05, 0.1) is 6.54 Å². The summed E-state index contributed by atoms with van der Waals surface area (Å²) < 4.78 is 1.90. The molecule has 0 radical (unpaired) electrons. The predicted octanol–water partition coefficient (Wildman–Crippen LogP) is 0.381. The van der Waals surface area contributed by atoms with Crippen LogP contribution in [-0.2, 0) is 7.05 Å². The maximum atomic E-state index is 4.07. The van der Waals surface area contributed by atoms with E-state index in [1.165, 1.54) is 0 Å². The first-order valence-electron chi connectivity index (χ1n) is 4.01. The van der Waals surface area contributed by atoms with Crippen molar-refractivity contribution in [2.24, 2.45) is 7.05 Å². The molecule has 0 saturated heterocycles. The molecule has 0 amide bonds. The monoisotopic (exact) mass is 163 g/mol. The minimum Gasteiger partial charge on any atom is -0.327 e. The third-order valence-corrected chi connectivity index (χ3v) is 1.48. The van der Waals surface area contributed by atoms with Crippen molar-refractivity contribution in [1.82, 2.24) is 14.9 Å². The number of imidazole rings is 1. The zero-order valence-electron chi connectivity index (χ0n) is 7.46. The lowest BCUT2D eigenvalue weighted by Gasteiger charge is -1.91. The molecule has 0 bridgehead atoms. The van der Waals surface area contributed by atoms with Gasteiger partial charge in [-0.3, -0.25) is 0 Å². The lowest BCUT2D eigenvalue weighted by Crippen LogP contribution is -2.12. The molecule has 3 heteroatoms. The van der Waals surface area contributed by atoms with Gasteiger partial charge < -0.3 is 9.88 Å². The Labute approximate surface area is 72.8 Å². The maximum absolute atomic E-state index is 4.07. The first-order valence-corrected chi connectivity index (χ1v) is 4.01. The fourth-order valence-electron chi connectivity index (χ4n) is 0.797. The summed E-state index contributed by atoms with van der Waals surface area (Å²) in [6, 6.07) is 0. The van der Waals surface area contributed by atoms with Crippen molar-refractivity contribution in [1.29, 1.82) is 0 Å². The largest absolute Gasteiger partial charge is 0.327 e. The molecule has 0 aromatic carbocycles. The molecule has 64 valence electrons. The standard InChI is InChI=1S/C9H13N3/c1-3-10-6-4-5-9-11-7-8-12(9)2/h7-8,10H,3,6H2,1-2H3. The predicted molar refractivity (Wildman–Crippen MR) is 48.6 cm³/mol. The van der Waals surface area contributed by atoms with Crippen LogP contribution in [0.25, 0.3) is 0 Å². The van der Waals surface area contributed by atoms with Gasteiger partial charge in [-0.25, -0.2) is 4.98 Å². The van der Waals surface area contributed by atoms with Gasteiger partial charge in [0, 0.05) is 19.4 Å². The lowest BCUT2D eigenvalue weighted by atomic mass is 10.5. The van der Waals surface area contributed by atoms with Crippen molar-refractivity contribution in [2.75, 3.05) is 13.1 Å². The van der Waals surface area contributed by atoms with Gasteiger partial charge in [-0.2, -0.15) is 0 Å². The molecule has 0 spiro atoms. The van der Waals surface area contributed by atoms with Crippen molar-refractivity contribution in [2.45, 2.75) is 6.92 Å². The third-order valence-electron chi connectivity index (χ3n) is 1.48. The van der Waals surface area contributed by atoms with Crippen LogP contribution < -0.4 is 5.32 Å². The van der Waals surface area contributed by atoms with E-state index in [9.17, 15) is 0 Å². The summed E-state index contributed by atoms with van der Waals surface area (Å²) >= 11 is 0. The third kappa shape index (κ3) is 2.40. The van der Waals surface area contributed by atoms with E-state index in [4.69, 9.17) is 0 Å². The zero-order valence-corrected chi connectivity index (χ0v) is 7.46. The summed E-state index contributed by atoms with van der Waals surface area (Å²) in [7, 11) is 1.93. The minimum atomic E-state index is 0.726. The smallest absolute Gasteiger partial charge is 0.185 e. The number of nitrogens with one attached hydrogen (secondary N) is 1. The number of nitrogens with zero attached hydrogens (tertiary/aromatic N) is 2. The number of aromatic nitrogens is 2. The van der Waals surface area contributed by atoms with Gasteiger partial charge >= 0.3 is 0 Å². The van der Waals surface area contributed by atoms with E-state index in [2.05, 4.69) is 29.1 Å². The Morgan fingerprint density at radius 2 is 2.50 bits per heavy atom. The number of hydrogen-bond acceptors (Lipinski definition) is 2. The summed E-state index contributed by atoms with van der Waals surface area (Å²) in [6.45, 7) is 3.74. The molecule has 0 unspecified atom stereocenters. The second-order valence-electron chi connectivity index (χ2n) is 2.44. The summed E-state index contributed by atoms with van der Waals surface area (Å²) in [6.07, 6.45) is 3.63. The van der Waals surface area contributed by atoms with Crippen molar-refractivity contribution >= 4 is 0 Å². The minimum absolute atomic E-state index is 0.726. The molecule has 3 nitrogen and oxygen atoms in total. The van der Waals surface area contributed by atoms with Gasteiger partial charge in [-0.15, -0.1) is 0 Å². The topological polar surface area (TPSA) is 29.9 Å². The van der Waals surface area contributed by atoms with Gasteiger partial charge in [-0.05, 0) is 12.5 Å². The SMILES string of the molecule is CCNCC#Cc1nccn1C. The molecule has 0 aliphatic rings. The van der Waals surface area contributed by atoms with E-state index >= 15 is 0 Å². The van der Waals surface area contributed by atoms with Crippen LogP contribution in [-0.4, -0.2) is 22.6 Å². The van der Waals surface area contributed by atoms with Gasteiger partial charge in [0.25, 0.3) is 0 Å². The normalized spacial score (nSPS) is 9.17. The Kier molecular flexibility index (Phi) is 3.36. The molecular formula is C9H13N3. The summed E-state index contributed by atoms with van der Waals surface area (Å²) in [5.74, 6) is 6.77. The fraction of sp³-hybridized carbons (Fsp3) is 0.444. The van der Waals surface area contributed by atoms with Gasteiger partial charge in [-0.1, -0.05) is 12.8 Å². The quantitative estimate of drug-likeness (QED) is 0.504. The van der Waals surface area contributed by atoms with E-state index in [0.29, 0.717) is 0 Å². The molecule has 1 N–H and O–H groups in total. The van der Waals surface area contributed by atoms with Crippen molar-refractivity contribution in [3.05, 3.63) is 18.2 Å². The Morgan fingerprint density at radius 1 is 1.67 bits per heavy atom. The maximum Gasteiger partial charge on any atom is 0.185 e. The Morgan fingerprint density at radius 3 is 3.08 bits per heavy atom. The molecule has 1 aromatic rings. The van der Waals surface area contributed by atoms with E-state index in [1.807, 2.05) is 17.8 Å². The van der Waals surface area contributed by atoms with E-state index in [1.54, 1.807) is 6.20 Å². The summed E-state index contributed by atoms with van der Waals surface area (Å²) in [5.41, 5.74) is 0. The van der Waals surface area contributed by atoms with Crippen LogP contribution in [0.2, 0.25) is 0 Å². The molecule has 1 aromatic heterocycles. The Hall–Kier alpha value is -1.27. The highest BCUT2D eigenvalue weighted by atomic mass is 15.0. The van der Waals surface area contributed by atoms with Crippen LogP contribution in [0.15, 0.2) is 12.4 Å². The van der Waals surface area contributed by atoms with Crippen LogP contribution >= 0.6 is 0 Å². The average Bonchev–Trinajstić information content (AvgIpc) is 2.46. The fourth-order valence-corrected chi connectivity index (χ4v) is 0.797. The van der Waals surface area contributed by atoms with E-state index in [0.717, 1.165) is 18.9 Å². The van der Waals surface area contributed by atoms with Gasteiger partial charge in [0.1, 0.15) is 0 Å². The summed E-state index contributed by atoms with van der Waals surface area (Å²) in [5, 5.41) is 3.12.